The van der Waals surface area contributed by atoms with Gasteiger partial charge in [-0.3, -0.25) is 0 Å². The lowest BCUT2D eigenvalue weighted by Gasteiger charge is -2.22. The fourth-order valence-electron chi connectivity index (χ4n) is 1.28. The van der Waals surface area contributed by atoms with Crippen LogP contribution in [0.3, 0.4) is 0 Å². The number of aliphatic carboxylic acids is 1. The van der Waals surface area contributed by atoms with Crippen LogP contribution < -0.4 is 0 Å². The summed E-state index contributed by atoms with van der Waals surface area (Å²) in [6.45, 7) is 3.87. The highest BCUT2D eigenvalue weighted by atomic mass is 16.5. The zero-order valence-electron chi connectivity index (χ0n) is 6.70. The van der Waals surface area contributed by atoms with E-state index in [0.717, 1.165) is 6.42 Å². The highest BCUT2D eigenvalue weighted by molar-refractivity contribution is 5.84. The van der Waals surface area contributed by atoms with Crippen molar-refractivity contribution in [1.29, 1.82) is 0 Å². The summed E-state index contributed by atoms with van der Waals surface area (Å²) in [4.78, 5) is 10.5. The summed E-state index contributed by atoms with van der Waals surface area (Å²) in [7, 11) is 0. The number of carboxylic acids is 1. The van der Waals surface area contributed by atoms with Crippen molar-refractivity contribution >= 4 is 5.97 Å². The van der Waals surface area contributed by atoms with Crippen LogP contribution in [0.15, 0.2) is 11.8 Å². The van der Waals surface area contributed by atoms with E-state index in [4.69, 9.17) is 9.84 Å². The number of carbonyl (C=O) groups is 1. The lowest BCUT2D eigenvalue weighted by atomic mass is 10.0. The first-order valence-corrected chi connectivity index (χ1v) is 3.71. The molecule has 3 heteroatoms. The van der Waals surface area contributed by atoms with E-state index in [1.807, 2.05) is 13.8 Å². The molecule has 3 nitrogen and oxygen atoms in total. The Morgan fingerprint density at radius 2 is 2.36 bits per heavy atom. The van der Waals surface area contributed by atoms with Gasteiger partial charge in [0.1, 0.15) is 0 Å². The quantitative estimate of drug-likeness (QED) is 0.624. The molecule has 11 heavy (non-hydrogen) atoms. The van der Waals surface area contributed by atoms with Gasteiger partial charge in [0.25, 0.3) is 0 Å². The molecule has 0 spiro atoms. The first-order valence-electron chi connectivity index (χ1n) is 3.71. The second kappa shape index (κ2) is 2.95. The van der Waals surface area contributed by atoms with Crippen molar-refractivity contribution in [3.8, 4) is 0 Å². The maximum Gasteiger partial charge on any atom is 0.370 e. The molecular formula is C8H12O3. The molecule has 0 bridgehead atoms. The second-order valence-electron chi connectivity index (χ2n) is 2.98. The van der Waals surface area contributed by atoms with Crippen LogP contribution in [0.1, 0.15) is 20.3 Å². The van der Waals surface area contributed by atoms with Gasteiger partial charge in [-0.25, -0.2) is 4.79 Å². The van der Waals surface area contributed by atoms with E-state index in [2.05, 4.69) is 0 Å². The molecule has 2 atom stereocenters. The van der Waals surface area contributed by atoms with Crippen molar-refractivity contribution in [2.45, 2.75) is 26.4 Å². The fourth-order valence-corrected chi connectivity index (χ4v) is 1.28. The molecule has 1 aliphatic rings. The molecular weight excluding hydrogens is 144 g/mol. The van der Waals surface area contributed by atoms with Crippen LogP contribution in [0.4, 0.5) is 0 Å². The molecule has 62 valence electrons. The van der Waals surface area contributed by atoms with Crippen molar-refractivity contribution in [2.75, 3.05) is 0 Å². The minimum Gasteiger partial charge on any atom is -0.484 e. The Kier molecular flexibility index (Phi) is 2.17. The molecule has 1 N–H and O–H groups in total. The molecule has 0 saturated carbocycles. The molecule has 0 amide bonds. The van der Waals surface area contributed by atoms with Crippen LogP contribution in [0.5, 0.6) is 0 Å². The van der Waals surface area contributed by atoms with Gasteiger partial charge in [0.2, 0.25) is 5.76 Å². The standard InChI is InChI=1S/C8H12O3/c1-5-3-6(2)11-7(4-5)8(9)10/h4-6H,3H2,1-2H3,(H,9,10). The average Bonchev–Trinajstić information content (AvgIpc) is 1.85. The number of carboxylic acid groups (broad SMARTS) is 1. The van der Waals surface area contributed by atoms with Crippen molar-refractivity contribution in [2.24, 2.45) is 5.92 Å². The van der Waals surface area contributed by atoms with Gasteiger partial charge in [-0.1, -0.05) is 6.92 Å². The lowest BCUT2D eigenvalue weighted by Crippen LogP contribution is -2.21. The molecule has 0 aliphatic carbocycles. The number of rotatable bonds is 1. The van der Waals surface area contributed by atoms with Crippen LogP contribution in [0, 0.1) is 5.92 Å². The normalized spacial score (nSPS) is 30.5. The molecule has 1 heterocycles. The van der Waals surface area contributed by atoms with Gasteiger partial charge in [0, 0.05) is 0 Å². The van der Waals surface area contributed by atoms with E-state index in [-0.39, 0.29) is 11.9 Å². The Hall–Kier alpha value is -0.990. The van der Waals surface area contributed by atoms with E-state index in [9.17, 15) is 4.79 Å². The van der Waals surface area contributed by atoms with Crippen molar-refractivity contribution in [3.63, 3.8) is 0 Å². The van der Waals surface area contributed by atoms with Crippen molar-refractivity contribution < 1.29 is 14.6 Å². The number of hydrogen-bond donors (Lipinski definition) is 1. The van der Waals surface area contributed by atoms with Crippen molar-refractivity contribution in [3.05, 3.63) is 11.8 Å². The molecule has 0 aromatic heterocycles. The largest absolute Gasteiger partial charge is 0.484 e. The van der Waals surface area contributed by atoms with Gasteiger partial charge >= 0.3 is 5.97 Å². The zero-order valence-corrected chi connectivity index (χ0v) is 6.70. The van der Waals surface area contributed by atoms with Crippen LogP contribution in [0.25, 0.3) is 0 Å². The van der Waals surface area contributed by atoms with Gasteiger partial charge in [0.05, 0.1) is 6.10 Å². The summed E-state index contributed by atoms with van der Waals surface area (Å²) >= 11 is 0. The van der Waals surface area contributed by atoms with Gasteiger partial charge in [-0.2, -0.15) is 0 Å². The summed E-state index contributed by atoms with van der Waals surface area (Å²) in [6, 6.07) is 0. The molecule has 1 aliphatic heterocycles. The second-order valence-corrected chi connectivity index (χ2v) is 2.98. The topological polar surface area (TPSA) is 46.5 Å². The number of allylic oxidation sites excluding steroid dienone is 1. The highest BCUT2D eigenvalue weighted by Gasteiger charge is 2.21. The van der Waals surface area contributed by atoms with Crippen LogP contribution in [-0.4, -0.2) is 17.2 Å². The number of hydrogen-bond acceptors (Lipinski definition) is 2. The minimum absolute atomic E-state index is 0.0288. The van der Waals surface area contributed by atoms with Crippen LogP contribution in [0.2, 0.25) is 0 Å². The minimum atomic E-state index is -0.969. The van der Waals surface area contributed by atoms with Gasteiger partial charge in [0.15, 0.2) is 0 Å². The van der Waals surface area contributed by atoms with E-state index in [1.165, 1.54) is 0 Å². The Bertz CT molecular complexity index is 196. The predicted octanol–water partition coefficient (Wildman–Crippen LogP) is 1.40. The highest BCUT2D eigenvalue weighted by Crippen LogP contribution is 2.21. The van der Waals surface area contributed by atoms with E-state index in [1.54, 1.807) is 6.08 Å². The molecule has 2 unspecified atom stereocenters. The third-order valence-electron chi connectivity index (χ3n) is 1.68. The van der Waals surface area contributed by atoms with E-state index >= 15 is 0 Å². The van der Waals surface area contributed by atoms with Gasteiger partial charge in [-0.05, 0) is 25.3 Å². The lowest BCUT2D eigenvalue weighted by molar-refractivity contribution is -0.138. The maximum atomic E-state index is 10.5. The molecule has 0 fully saturated rings. The molecule has 0 aromatic rings. The Balaban J connectivity index is 2.72. The van der Waals surface area contributed by atoms with Gasteiger partial charge < -0.3 is 9.84 Å². The monoisotopic (exact) mass is 156 g/mol. The smallest absolute Gasteiger partial charge is 0.370 e. The van der Waals surface area contributed by atoms with Crippen LogP contribution >= 0.6 is 0 Å². The van der Waals surface area contributed by atoms with Crippen LogP contribution in [-0.2, 0) is 9.53 Å². The SMILES string of the molecule is CC1C=C(C(=O)O)OC(C)C1. The summed E-state index contributed by atoms with van der Waals surface area (Å²) in [6.07, 6.45) is 2.58. The average molecular weight is 156 g/mol. The predicted molar refractivity (Wildman–Crippen MR) is 40.0 cm³/mol. The molecule has 1 rings (SSSR count). The first-order chi connectivity index (χ1) is 5.09. The molecule has 0 aromatic carbocycles. The first kappa shape index (κ1) is 8.11. The Morgan fingerprint density at radius 3 is 2.82 bits per heavy atom. The van der Waals surface area contributed by atoms with Crippen molar-refractivity contribution in [1.82, 2.24) is 0 Å². The third-order valence-corrected chi connectivity index (χ3v) is 1.68. The molecule has 0 radical (unpaired) electrons. The summed E-state index contributed by atoms with van der Waals surface area (Å²) < 4.78 is 5.08. The summed E-state index contributed by atoms with van der Waals surface area (Å²) in [5.41, 5.74) is 0. The fraction of sp³-hybridized carbons (Fsp3) is 0.625. The van der Waals surface area contributed by atoms with E-state index in [0.29, 0.717) is 5.92 Å². The zero-order chi connectivity index (χ0) is 8.43. The maximum absolute atomic E-state index is 10.5. The number of ether oxygens (including phenoxy) is 1. The Morgan fingerprint density at radius 1 is 1.73 bits per heavy atom. The van der Waals surface area contributed by atoms with Gasteiger partial charge in [-0.15, -0.1) is 0 Å². The summed E-state index contributed by atoms with van der Waals surface area (Å²) in [5.74, 6) is -0.565. The third kappa shape index (κ3) is 1.97. The molecule has 0 saturated heterocycles. The van der Waals surface area contributed by atoms with E-state index < -0.39 is 5.97 Å². The Labute approximate surface area is 65.7 Å². The summed E-state index contributed by atoms with van der Waals surface area (Å²) in [5, 5.41) is 8.58.